The van der Waals surface area contributed by atoms with Gasteiger partial charge in [-0.2, -0.15) is 0 Å². The van der Waals surface area contributed by atoms with E-state index in [0.717, 1.165) is 25.8 Å². The summed E-state index contributed by atoms with van der Waals surface area (Å²) in [4.78, 5) is 0. The van der Waals surface area contributed by atoms with Gasteiger partial charge >= 0.3 is 0 Å². The summed E-state index contributed by atoms with van der Waals surface area (Å²) in [6.07, 6.45) is 5.61. The fourth-order valence-corrected chi connectivity index (χ4v) is 3.09. The van der Waals surface area contributed by atoms with Gasteiger partial charge < -0.3 is 10.3 Å². The maximum atomic E-state index is 6.32. The highest BCUT2D eigenvalue weighted by Crippen LogP contribution is 2.37. The molecule has 0 radical (unpaired) electrons. The topological polar surface area (TPSA) is 30.9 Å². The quantitative estimate of drug-likeness (QED) is 0.773. The van der Waals surface area contributed by atoms with Crippen LogP contribution in [0.1, 0.15) is 24.0 Å². The van der Waals surface area contributed by atoms with Gasteiger partial charge in [0.05, 0.1) is 0 Å². The van der Waals surface area contributed by atoms with Gasteiger partial charge in [0.15, 0.2) is 0 Å². The van der Waals surface area contributed by atoms with Crippen molar-refractivity contribution in [1.82, 2.24) is 4.57 Å². The van der Waals surface area contributed by atoms with Crippen molar-refractivity contribution < 1.29 is 0 Å². The van der Waals surface area contributed by atoms with E-state index in [2.05, 4.69) is 65.4 Å². The largest absolute Gasteiger partial charge is 0.343 e. The van der Waals surface area contributed by atoms with Crippen molar-refractivity contribution in [3.63, 3.8) is 0 Å². The molecule has 0 aliphatic heterocycles. The van der Waals surface area contributed by atoms with E-state index in [4.69, 9.17) is 5.73 Å². The van der Waals surface area contributed by atoms with Crippen molar-refractivity contribution in [2.24, 2.45) is 5.73 Å². The van der Waals surface area contributed by atoms with E-state index < -0.39 is 0 Å². The molecule has 1 heterocycles. The number of hydrogen-bond donors (Lipinski definition) is 1. The van der Waals surface area contributed by atoms with Crippen LogP contribution in [0.15, 0.2) is 60.8 Å². The van der Waals surface area contributed by atoms with Crippen LogP contribution in [-0.2, 0) is 13.0 Å². The first kappa shape index (κ1) is 12.7. The Hall–Kier alpha value is -2.06. The minimum Gasteiger partial charge on any atom is -0.343 e. The molecule has 21 heavy (non-hydrogen) atoms. The summed E-state index contributed by atoms with van der Waals surface area (Å²) in [7, 11) is 0. The summed E-state index contributed by atoms with van der Waals surface area (Å²) in [5, 5.41) is 1.35. The molecule has 2 nitrogen and oxygen atoms in total. The Morgan fingerprint density at radius 2 is 1.67 bits per heavy atom. The number of benzene rings is 2. The Kier molecular flexibility index (Phi) is 2.86. The molecular formula is C19H20N2. The molecule has 0 unspecified atom stereocenters. The Bertz CT molecular complexity index is 767. The fraction of sp³-hybridized carbons (Fsp3) is 0.263. The van der Waals surface area contributed by atoms with Crippen molar-refractivity contribution in [3.8, 4) is 0 Å². The number of hydrogen-bond acceptors (Lipinski definition) is 1. The van der Waals surface area contributed by atoms with E-state index in [1.807, 2.05) is 0 Å². The molecule has 2 aromatic carbocycles. The van der Waals surface area contributed by atoms with Gasteiger partial charge in [-0.3, -0.25) is 0 Å². The molecule has 1 aliphatic rings. The molecule has 1 aliphatic carbocycles. The Labute approximate surface area is 125 Å². The van der Waals surface area contributed by atoms with Crippen LogP contribution in [-0.4, -0.2) is 10.1 Å². The SMILES string of the molecule is NC1(Cc2cn(Cc3ccccc3)c3ccccc23)CC1. The second-order valence-electron chi connectivity index (χ2n) is 6.32. The summed E-state index contributed by atoms with van der Waals surface area (Å²) < 4.78 is 2.35. The van der Waals surface area contributed by atoms with Crippen molar-refractivity contribution in [1.29, 1.82) is 0 Å². The molecule has 1 saturated carbocycles. The molecule has 3 aromatic rings. The van der Waals surface area contributed by atoms with Crippen LogP contribution in [0, 0.1) is 0 Å². The van der Waals surface area contributed by atoms with Crippen LogP contribution in [0.3, 0.4) is 0 Å². The minimum absolute atomic E-state index is 0.0572. The van der Waals surface area contributed by atoms with Crippen LogP contribution < -0.4 is 5.73 Å². The average Bonchev–Trinajstić information content (AvgIpc) is 3.15. The van der Waals surface area contributed by atoms with E-state index >= 15 is 0 Å². The van der Waals surface area contributed by atoms with Crippen molar-refractivity contribution in [2.45, 2.75) is 31.3 Å². The third kappa shape index (κ3) is 2.47. The summed E-state index contributed by atoms with van der Waals surface area (Å²) in [6, 6.07) is 19.3. The molecule has 4 rings (SSSR count). The lowest BCUT2D eigenvalue weighted by Gasteiger charge is -2.06. The van der Waals surface area contributed by atoms with Gasteiger partial charge in [0, 0.05) is 29.2 Å². The monoisotopic (exact) mass is 276 g/mol. The molecule has 106 valence electrons. The molecule has 0 atom stereocenters. The predicted octanol–water partition coefficient (Wildman–Crippen LogP) is 3.72. The first-order valence-corrected chi connectivity index (χ1v) is 7.63. The Morgan fingerprint density at radius 1 is 0.952 bits per heavy atom. The molecule has 1 fully saturated rings. The summed E-state index contributed by atoms with van der Waals surface area (Å²) in [5.41, 5.74) is 10.4. The maximum Gasteiger partial charge on any atom is 0.0486 e. The number of nitrogens with two attached hydrogens (primary N) is 1. The maximum absolute atomic E-state index is 6.32. The molecule has 0 spiro atoms. The molecule has 0 saturated heterocycles. The molecule has 0 amide bonds. The highest BCUT2D eigenvalue weighted by molar-refractivity contribution is 5.84. The number of aromatic nitrogens is 1. The van der Waals surface area contributed by atoms with E-state index in [9.17, 15) is 0 Å². The molecule has 2 N–H and O–H groups in total. The van der Waals surface area contributed by atoms with Crippen LogP contribution >= 0.6 is 0 Å². The summed E-state index contributed by atoms with van der Waals surface area (Å²) in [6.45, 7) is 0.916. The number of para-hydroxylation sites is 1. The zero-order valence-electron chi connectivity index (χ0n) is 12.1. The molecule has 2 heteroatoms. The standard InChI is InChI=1S/C19H20N2/c20-19(10-11-19)12-16-14-21(13-15-6-2-1-3-7-15)18-9-5-4-8-17(16)18/h1-9,14H,10-13,20H2. The second kappa shape index (κ2) is 4.74. The van der Waals surface area contributed by atoms with Gasteiger partial charge in [0.25, 0.3) is 0 Å². The normalized spacial score (nSPS) is 16.2. The smallest absolute Gasteiger partial charge is 0.0486 e. The van der Waals surface area contributed by atoms with Gasteiger partial charge in [0.2, 0.25) is 0 Å². The van der Waals surface area contributed by atoms with Crippen molar-refractivity contribution in [2.75, 3.05) is 0 Å². The number of rotatable bonds is 4. The number of nitrogens with zero attached hydrogens (tertiary/aromatic N) is 1. The fourth-order valence-electron chi connectivity index (χ4n) is 3.09. The highest BCUT2D eigenvalue weighted by atomic mass is 15.0. The van der Waals surface area contributed by atoms with E-state index in [1.165, 1.54) is 22.0 Å². The molecule has 0 bridgehead atoms. The first-order valence-electron chi connectivity index (χ1n) is 7.63. The Morgan fingerprint density at radius 3 is 2.43 bits per heavy atom. The van der Waals surface area contributed by atoms with Crippen LogP contribution in [0.5, 0.6) is 0 Å². The third-order valence-corrected chi connectivity index (χ3v) is 4.50. The minimum atomic E-state index is 0.0572. The van der Waals surface area contributed by atoms with Gasteiger partial charge in [-0.05, 0) is 36.5 Å². The molecular weight excluding hydrogens is 256 g/mol. The van der Waals surface area contributed by atoms with E-state index in [-0.39, 0.29) is 5.54 Å². The van der Waals surface area contributed by atoms with Crippen LogP contribution in [0.25, 0.3) is 10.9 Å². The first-order chi connectivity index (χ1) is 10.2. The number of fused-ring (bicyclic) bond motifs is 1. The van der Waals surface area contributed by atoms with Crippen LogP contribution in [0.4, 0.5) is 0 Å². The third-order valence-electron chi connectivity index (χ3n) is 4.50. The van der Waals surface area contributed by atoms with Crippen LogP contribution in [0.2, 0.25) is 0 Å². The highest BCUT2D eigenvalue weighted by Gasteiger charge is 2.38. The Balaban J connectivity index is 1.74. The van der Waals surface area contributed by atoms with Gasteiger partial charge in [0.1, 0.15) is 0 Å². The lowest BCUT2D eigenvalue weighted by molar-refractivity contribution is 0.672. The van der Waals surface area contributed by atoms with Crippen molar-refractivity contribution >= 4 is 10.9 Å². The average molecular weight is 276 g/mol. The molecule has 1 aromatic heterocycles. The zero-order chi connectivity index (χ0) is 14.3. The van der Waals surface area contributed by atoms with Gasteiger partial charge in [-0.15, -0.1) is 0 Å². The van der Waals surface area contributed by atoms with Gasteiger partial charge in [-0.25, -0.2) is 0 Å². The van der Waals surface area contributed by atoms with E-state index in [0.29, 0.717) is 0 Å². The second-order valence-corrected chi connectivity index (χ2v) is 6.32. The lowest BCUT2D eigenvalue weighted by Crippen LogP contribution is -2.24. The van der Waals surface area contributed by atoms with Gasteiger partial charge in [-0.1, -0.05) is 48.5 Å². The van der Waals surface area contributed by atoms with E-state index in [1.54, 1.807) is 0 Å². The van der Waals surface area contributed by atoms with Crippen molar-refractivity contribution in [3.05, 3.63) is 71.9 Å². The summed E-state index contributed by atoms with van der Waals surface area (Å²) in [5.74, 6) is 0. The predicted molar refractivity (Wildman–Crippen MR) is 87.3 cm³/mol. The lowest BCUT2D eigenvalue weighted by atomic mass is 10.0. The zero-order valence-corrected chi connectivity index (χ0v) is 12.1. The summed E-state index contributed by atoms with van der Waals surface area (Å²) >= 11 is 0.